The quantitative estimate of drug-likeness (QED) is 0.416. The van der Waals surface area contributed by atoms with Crippen molar-refractivity contribution >= 4 is 6.72 Å². The summed E-state index contributed by atoms with van der Waals surface area (Å²) in [4.78, 5) is 3.83. The van der Waals surface area contributed by atoms with Crippen LogP contribution in [0.25, 0.3) is 0 Å². The van der Waals surface area contributed by atoms with E-state index in [-0.39, 0.29) is 0 Å². The highest BCUT2D eigenvalue weighted by atomic mass is 14.7. The Morgan fingerprint density at radius 2 is 2.36 bits per heavy atom. The summed E-state index contributed by atoms with van der Waals surface area (Å²) >= 11 is 0. The molecule has 0 aromatic heterocycles. The minimum atomic E-state index is 0.810. The minimum Gasteiger partial charge on any atom is -0.263 e. The van der Waals surface area contributed by atoms with Gasteiger partial charge in [0, 0.05) is 11.6 Å². The average Bonchev–Trinajstić information content (AvgIpc) is 2.27. The van der Waals surface area contributed by atoms with Crippen LogP contribution in [-0.2, 0) is 0 Å². The second-order valence-electron chi connectivity index (χ2n) is 2.04. The molecule has 0 aromatic rings. The van der Waals surface area contributed by atoms with Crippen molar-refractivity contribution in [1.29, 1.82) is 0 Å². The van der Waals surface area contributed by atoms with Crippen molar-refractivity contribution in [2.24, 2.45) is 4.99 Å². The summed E-state index contributed by atoms with van der Waals surface area (Å²) < 4.78 is 0. The maximum atomic E-state index is 3.83. The number of allylic oxidation sites excluding steroid dienone is 5. The van der Waals surface area contributed by atoms with Crippen molar-refractivity contribution in [3.8, 4) is 0 Å². The SMILES string of the molecule is C=CC1=C(N=C)C=C=CC=C1. The van der Waals surface area contributed by atoms with Crippen LogP contribution in [0.1, 0.15) is 0 Å². The predicted molar refractivity (Wildman–Crippen MR) is 48.6 cm³/mol. The van der Waals surface area contributed by atoms with E-state index in [1.165, 1.54) is 0 Å². The molecule has 0 unspecified atom stereocenters. The van der Waals surface area contributed by atoms with E-state index in [0.717, 1.165) is 11.3 Å². The first-order valence-electron chi connectivity index (χ1n) is 3.31. The van der Waals surface area contributed by atoms with Gasteiger partial charge in [0.15, 0.2) is 0 Å². The summed E-state index contributed by atoms with van der Waals surface area (Å²) in [6, 6.07) is 0. The van der Waals surface area contributed by atoms with Crippen molar-refractivity contribution < 1.29 is 0 Å². The molecular formula is C10H9N. The molecule has 0 bridgehead atoms. The topological polar surface area (TPSA) is 12.4 Å². The van der Waals surface area contributed by atoms with E-state index in [4.69, 9.17) is 0 Å². The van der Waals surface area contributed by atoms with Crippen molar-refractivity contribution in [3.05, 3.63) is 54.0 Å². The highest BCUT2D eigenvalue weighted by Crippen LogP contribution is 2.11. The van der Waals surface area contributed by atoms with Gasteiger partial charge in [-0.05, 0) is 12.8 Å². The molecule has 1 rings (SSSR count). The molecule has 0 heterocycles. The average molecular weight is 143 g/mol. The Bertz CT molecular complexity index is 297. The van der Waals surface area contributed by atoms with Gasteiger partial charge in [-0.15, -0.1) is 5.73 Å². The van der Waals surface area contributed by atoms with E-state index in [2.05, 4.69) is 24.0 Å². The van der Waals surface area contributed by atoms with Crippen LogP contribution in [0, 0.1) is 0 Å². The van der Waals surface area contributed by atoms with Crippen molar-refractivity contribution in [1.82, 2.24) is 0 Å². The first kappa shape index (κ1) is 7.52. The van der Waals surface area contributed by atoms with Crippen LogP contribution in [0.2, 0.25) is 0 Å². The van der Waals surface area contributed by atoms with Gasteiger partial charge in [0.25, 0.3) is 0 Å². The molecule has 1 aliphatic carbocycles. The fourth-order valence-electron chi connectivity index (χ4n) is 0.813. The van der Waals surface area contributed by atoms with Crippen LogP contribution < -0.4 is 0 Å². The molecule has 0 N–H and O–H groups in total. The molecule has 54 valence electrons. The molecule has 1 aliphatic rings. The van der Waals surface area contributed by atoms with E-state index in [1.54, 1.807) is 12.2 Å². The van der Waals surface area contributed by atoms with E-state index >= 15 is 0 Å². The Balaban J connectivity index is 3.19. The minimum absolute atomic E-state index is 0.810. The van der Waals surface area contributed by atoms with Crippen LogP contribution in [-0.4, -0.2) is 6.72 Å². The third-order valence-electron chi connectivity index (χ3n) is 1.37. The molecule has 0 fully saturated rings. The Morgan fingerprint density at radius 3 is 3.00 bits per heavy atom. The molecule has 0 spiro atoms. The molecule has 11 heavy (non-hydrogen) atoms. The molecule has 0 saturated heterocycles. The van der Waals surface area contributed by atoms with Crippen LogP contribution in [0.15, 0.2) is 59.0 Å². The van der Waals surface area contributed by atoms with E-state index in [9.17, 15) is 0 Å². The summed E-state index contributed by atoms with van der Waals surface area (Å²) in [7, 11) is 0. The molecular weight excluding hydrogens is 134 g/mol. The molecule has 1 nitrogen and oxygen atoms in total. The maximum absolute atomic E-state index is 3.83. The van der Waals surface area contributed by atoms with Crippen LogP contribution in [0.5, 0.6) is 0 Å². The monoisotopic (exact) mass is 143 g/mol. The van der Waals surface area contributed by atoms with Gasteiger partial charge in [-0.2, -0.15) is 0 Å². The Labute approximate surface area is 66.5 Å². The highest BCUT2D eigenvalue weighted by molar-refractivity contribution is 5.45. The third kappa shape index (κ3) is 1.66. The molecule has 0 radical (unpaired) electrons. The van der Waals surface area contributed by atoms with E-state index in [1.807, 2.05) is 18.2 Å². The molecule has 0 aromatic carbocycles. The smallest absolute Gasteiger partial charge is 0.0771 e. The number of hydrogen-bond donors (Lipinski definition) is 0. The van der Waals surface area contributed by atoms with E-state index in [0.29, 0.717) is 0 Å². The zero-order chi connectivity index (χ0) is 8.10. The lowest BCUT2D eigenvalue weighted by molar-refractivity contribution is 1.39. The molecule has 0 saturated carbocycles. The van der Waals surface area contributed by atoms with Crippen LogP contribution >= 0.6 is 0 Å². The maximum Gasteiger partial charge on any atom is 0.0771 e. The molecule has 0 amide bonds. The van der Waals surface area contributed by atoms with E-state index < -0.39 is 0 Å². The summed E-state index contributed by atoms with van der Waals surface area (Å²) in [6.45, 7) is 7.12. The zero-order valence-electron chi connectivity index (χ0n) is 6.25. The number of hydrogen-bond acceptors (Lipinski definition) is 1. The molecule has 0 atom stereocenters. The second kappa shape index (κ2) is 3.55. The first-order chi connectivity index (χ1) is 5.38. The van der Waals surface area contributed by atoms with Gasteiger partial charge < -0.3 is 0 Å². The van der Waals surface area contributed by atoms with Gasteiger partial charge >= 0.3 is 0 Å². The fourth-order valence-corrected chi connectivity index (χ4v) is 0.813. The summed E-state index contributed by atoms with van der Waals surface area (Å²) in [5.74, 6) is 0. The van der Waals surface area contributed by atoms with Crippen LogP contribution in [0.4, 0.5) is 0 Å². The normalized spacial score (nSPS) is 14.9. The van der Waals surface area contributed by atoms with Gasteiger partial charge in [-0.25, -0.2) is 0 Å². The van der Waals surface area contributed by atoms with Crippen molar-refractivity contribution in [2.75, 3.05) is 0 Å². The standard InChI is InChI=1S/C10H9N/c1-3-9-7-5-4-6-8-10(9)11-2/h3-5,7-8H,1-2H2. The zero-order valence-corrected chi connectivity index (χ0v) is 6.25. The van der Waals surface area contributed by atoms with Gasteiger partial charge in [-0.1, -0.05) is 24.8 Å². The molecule has 1 heteroatoms. The number of aliphatic imine (C=N–C) groups is 1. The lowest BCUT2D eigenvalue weighted by atomic mass is 10.2. The first-order valence-corrected chi connectivity index (χ1v) is 3.31. The van der Waals surface area contributed by atoms with Gasteiger partial charge in [0.2, 0.25) is 0 Å². The van der Waals surface area contributed by atoms with Crippen LogP contribution in [0.3, 0.4) is 0 Å². The van der Waals surface area contributed by atoms with Gasteiger partial charge in [0.05, 0.1) is 5.70 Å². The Morgan fingerprint density at radius 1 is 1.55 bits per heavy atom. The molecule has 0 aliphatic heterocycles. The largest absolute Gasteiger partial charge is 0.263 e. The Hall–Kier alpha value is -1.59. The van der Waals surface area contributed by atoms with Gasteiger partial charge in [0.1, 0.15) is 0 Å². The van der Waals surface area contributed by atoms with Crippen molar-refractivity contribution in [2.45, 2.75) is 0 Å². The number of rotatable bonds is 2. The summed E-state index contributed by atoms with van der Waals surface area (Å²) in [6.07, 6.45) is 9.17. The van der Waals surface area contributed by atoms with Crippen molar-refractivity contribution in [3.63, 3.8) is 0 Å². The second-order valence-corrected chi connectivity index (χ2v) is 2.04. The number of nitrogens with zero attached hydrogens (tertiary/aromatic N) is 1. The third-order valence-corrected chi connectivity index (χ3v) is 1.37. The Kier molecular flexibility index (Phi) is 2.42. The van der Waals surface area contributed by atoms with Gasteiger partial charge in [-0.3, -0.25) is 4.99 Å². The lowest BCUT2D eigenvalue weighted by Crippen LogP contribution is -1.77. The summed E-state index contributed by atoms with van der Waals surface area (Å²) in [5.41, 5.74) is 4.72. The highest BCUT2D eigenvalue weighted by Gasteiger charge is 1.94. The fraction of sp³-hybridized carbons (Fsp3) is 0. The lowest BCUT2D eigenvalue weighted by Gasteiger charge is -1.94. The predicted octanol–water partition coefficient (Wildman–Crippen LogP) is 2.41. The summed E-state index contributed by atoms with van der Waals surface area (Å²) in [5, 5.41) is 0.